The molecule has 0 fully saturated rings. The van der Waals surface area contributed by atoms with Crippen molar-refractivity contribution in [3.63, 3.8) is 0 Å². The van der Waals surface area contributed by atoms with Gasteiger partial charge in [-0.15, -0.1) is 0 Å². The predicted molar refractivity (Wildman–Crippen MR) is 54.3 cm³/mol. The van der Waals surface area contributed by atoms with Crippen molar-refractivity contribution in [2.24, 2.45) is 5.73 Å². The van der Waals surface area contributed by atoms with E-state index >= 15 is 0 Å². The molecule has 0 aliphatic heterocycles. The van der Waals surface area contributed by atoms with Crippen LogP contribution >= 0.6 is 0 Å². The van der Waals surface area contributed by atoms with Gasteiger partial charge >= 0.3 is 0 Å². The molecule has 0 aliphatic rings. The van der Waals surface area contributed by atoms with Crippen molar-refractivity contribution in [3.05, 3.63) is 34.6 Å². The number of aliphatic hydroxyl groups excluding tert-OH is 1. The highest BCUT2D eigenvalue weighted by Crippen LogP contribution is 2.22. The van der Waals surface area contributed by atoms with Crippen molar-refractivity contribution in [3.8, 4) is 0 Å². The molecular formula is C11H16FNO. The summed E-state index contributed by atoms with van der Waals surface area (Å²) in [6.07, 6.45) is 0.732. The lowest BCUT2D eigenvalue weighted by Crippen LogP contribution is -2.12. The fourth-order valence-electron chi connectivity index (χ4n) is 1.46. The molecule has 0 spiro atoms. The molecular weight excluding hydrogens is 181 g/mol. The zero-order chi connectivity index (χ0) is 10.7. The Kier molecular flexibility index (Phi) is 3.61. The second kappa shape index (κ2) is 4.53. The Hall–Kier alpha value is -0.930. The first-order valence-electron chi connectivity index (χ1n) is 4.75. The van der Waals surface area contributed by atoms with Crippen molar-refractivity contribution < 1.29 is 9.50 Å². The fourth-order valence-corrected chi connectivity index (χ4v) is 1.46. The Morgan fingerprint density at radius 3 is 2.64 bits per heavy atom. The number of hydrogen-bond acceptors (Lipinski definition) is 2. The normalized spacial score (nSPS) is 12.9. The van der Waals surface area contributed by atoms with Gasteiger partial charge in [0.1, 0.15) is 5.82 Å². The molecule has 3 heteroatoms. The summed E-state index contributed by atoms with van der Waals surface area (Å²) in [6, 6.07) is 2.88. The highest BCUT2D eigenvalue weighted by molar-refractivity contribution is 5.34. The van der Waals surface area contributed by atoms with Crippen LogP contribution in [0.3, 0.4) is 0 Å². The minimum atomic E-state index is -0.263. The first kappa shape index (κ1) is 11.1. The third-order valence-electron chi connectivity index (χ3n) is 2.43. The summed E-state index contributed by atoms with van der Waals surface area (Å²) in [5.74, 6) is -0.263. The molecule has 1 aromatic carbocycles. The topological polar surface area (TPSA) is 46.2 Å². The van der Waals surface area contributed by atoms with Gasteiger partial charge in [0.25, 0.3) is 0 Å². The van der Waals surface area contributed by atoms with E-state index in [2.05, 4.69) is 0 Å². The molecule has 0 heterocycles. The summed E-state index contributed by atoms with van der Waals surface area (Å²) in [7, 11) is 0. The van der Waals surface area contributed by atoms with E-state index in [0.717, 1.165) is 12.0 Å². The van der Waals surface area contributed by atoms with Crippen molar-refractivity contribution in [1.82, 2.24) is 0 Å². The molecule has 0 saturated carbocycles. The van der Waals surface area contributed by atoms with Gasteiger partial charge in [0.15, 0.2) is 0 Å². The van der Waals surface area contributed by atoms with Crippen molar-refractivity contribution >= 4 is 0 Å². The Labute approximate surface area is 83.6 Å². The molecule has 0 unspecified atom stereocenters. The SMILES string of the molecule is CC[C@@H](N)c1cc(F)c(C)cc1CO. The molecule has 1 atom stereocenters. The minimum Gasteiger partial charge on any atom is -0.392 e. The van der Waals surface area contributed by atoms with Crippen LogP contribution in [0.4, 0.5) is 4.39 Å². The van der Waals surface area contributed by atoms with Crippen LogP contribution in [-0.2, 0) is 6.61 Å². The quantitative estimate of drug-likeness (QED) is 0.778. The number of nitrogens with two attached hydrogens (primary N) is 1. The maximum absolute atomic E-state index is 13.3. The molecule has 1 rings (SSSR count). The predicted octanol–water partition coefficient (Wildman–Crippen LogP) is 2.04. The molecule has 3 N–H and O–H groups in total. The first-order valence-corrected chi connectivity index (χ1v) is 4.75. The molecule has 0 aromatic heterocycles. The summed E-state index contributed by atoms with van der Waals surface area (Å²) >= 11 is 0. The maximum Gasteiger partial charge on any atom is 0.126 e. The van der Waals surface area contributed by atoms with E-state index in [9.17, 15) is 4.39 Å². The number of aryl methyl sites for hydroxylation is 1. The van der Waals surface area contributed by atoms with E-state index in [-0.39, 0.29) is 18.5 Å². The summed E-state index contributed by atoms with van der Waals surface area (Å²) in [4.78, 5) is 0. The van der Waals surface area contributed by atoms with Gasteiger partial charge in [-0.2, -0.15) is 0 Å². The van der Waals surface area contributed by atoms with Crippen molar-refractivity contribution in [2.75, 3.05) is 0 Å². The summed E-state index contributed by atoms with van der Waals surface area (Å²) in [5, 5.41) is 9.10. The highest BCUT2D eigenvalue weighted by Gasteiger charge is 2.11. The average Bonchev–Trinajstić information content (AvgIpc) is 2.20. The molecule has 1 aromatic rings. The number of halogens is 1. The molecule has 0 radical (unpaired) electrons. The van der Waals surface area contributed by atoms with E-state index in [1.807, 2.05) is 6.92 Å². The smallest absolute Gasteiger partial charge is 0.126 e. The van der Waals surface area contributed by atoms with Gasteiger partial charge in [-0.05, 0) is 36.1 Å². The summed E-state index contributed by atoms with van der Waals surface area (Å²) < 4.78 is 13.3. The van der Waals surface area contributed by atoms with Crippen LogP contribution in [0.25, 0.3) is 0 Å². The van der Waals surface area contributed by atoms with Crippen LogP contribution in [0, 0.1) is 12.7 Å². The van der Waals surface area contributed by atoms with Crippen LogP contribution in [-0.4, -0.2) is 5.11 Å². The molecule has 0 aliphatic carbocycles. The van der Waals surface area contributed by atoms with Gasteiger partial charge in [-0.25, -0.2) is 4.39 Å². The molecule has 78 valence electrons. The van der Waals surface area contributed by atoms with Crippen molar-refractivity contribution in [2.45, 2.75) is 32.9 Å². The third kappa shape index (κ3) is 2.11. The standard InChI is InChI=1S/C11H16FNO/c1-3-11(13)9-5-10(12)7(2)4-8(9)6-14/h4-5,11,14H,3,6,13H2,1-2H3/t11-/m1/s1. The van der Waals surface area contributed by atoms with Gasteiger partial charge in [-0.3, -0.25) is 0 Å². The van der Waals surface area contributed by atoms with Gasteiger partial charge in [0.05, 0.1) is 6.61 Å². The van der Waals surface area contributed by atoms with Crippen LogP contribution in [0.1, 0.15) is 36.1 Å². The van der Waals surface area contributed by atoms with Crippen LogP contribution in [0.2, 0.25) is 0 Å². The van der Waals surface area contributed by atoms with Gasteiger partial charge < -0.3 is 10.8 Å². The second-order valence-corrected chi connectivity index (χ2v) is 3.47. The Balaban J connectivity index is 3.19. The minimum absolute atomic E-state index is 0.0931. The molecule has 14 heavy (non-hydrogen) atoms. The zero-order valence-electron chi connectivity index (χ0n) is 8.55. The molecule has 0 bridgehead atoms. The zero-order valence-corrected chi connectivity index (χ0v) is 8.55. The number of aliphatic hydroxyl groups is 1. The third-order valence-corrected chi connectivity index (χ3v) is 2.43. The number of hydrogen-bond donors (Lipinski definition) is 2. The number of benzene rings is 1. The summed E-state index contributed by atoms with van der Waals surface area (Å²) in [5.41, 5.74) is 7.78. The van der Waals surface area contributed by atoms with Gasteiger partial charge in [0.2, 0.25) is 0 Å². The molecule has 0 saturated heterocycles. The van der Waals surface area contributed by atoms with E-state index in [1.165, 1.54) is 6.07 Å². The van der Waals surface area contributed by atoms with E-state index < -0.39 is 0 Å². The van der Waals surface area contributed by atoms with Crippen LogP contribution in [0.15, 0.2) is 12.1 Å². The Morgan fingerprint density at radius 1 is 1.50 bits per heavy atom. The van der Waals surface area contributed by atoms with Crippen LogP contribution < -0.4 is 5.73 Å². The lowest BCUT2D eigenvalue weighted by atomic mass is 9.97. The first-order chi connectivity index (χ1) is 6.60. The lowest BCUT2D eigenvalue weighted by molar-refractivity contribution is 0.279. The second-order valence-electron chi connectivity index (χ2n) is 3.47. The maximum atomic E-state index is 13.3. The summed E-state index contributed by atoms with van der Waals surface area (Å²) in [6.45, 7) is 3.52. The lowest BCUT2D eigenvalue weighted by Gasteiger charge is -2.14. The van der Waals surface area contributed by atoms with E-state index in [4.69, 9.17) is 10.8 Å². The molecule has 0 amide bonds. The molecule has 2 nitrogen and oxygen atoms in total. The average molecular weight is 197 g/mol. The van der Waals surface area contributed by atoms with Crippen LogP contribution in [0.5, 0.6) is 0 Å². The Morgan fingerprint density at radius 2 is 2.14 bits per heavy atom. The monoisotopic (exact) mass is 197 g/mol. The van der Waals surface area contributed by atoms with E-state index in [0.29, 0.717) is 11.1 Å². The highest BCUT2D eigenvalue weighted by atomic mass is 19.1. The van der Waals surface area contributed by atoms with Gasteiger partial charge in [0, 0.05) is 6.04 Å². The fraction of sp³-hybridized carbons (Fsp3) is 0.455. The Bertz CT molecular complexity index is 325. The number of rotatable bonds is 3. The van der Waals surface area contributed by atoms with Crippen molar-refractivity contribution in [1.29, 1.82) is 0 Å². The largest absolute Gasteiger partial charge is 0.392 e. The van der Waals surface area contributed by atoms with E-state index in [1.54, 1.807) is 13.0 Å². The van der Waals surface area contributed by atoms with Gasteiger partial charge in [-0.1, -0.05) is 13.0 Å².